The second-order valence-corrected chi connectivity index (χ2v) is 33.3. The summed E-state index contributed by atoms with van der Waals surface area (Å²) in [5.41, 5.74) is 2.74. The first kappa shape index (κ1) is 77.4. The van der Waals surface area contributed by atoms with E-state index in [-0.39, 0.29) is 17.2 Å². The minimum atomic E-state index is -2.90. The summed E-state index contributed by atoms with van der Waals surface area (Å²) in [5.74, 6) is 1.30. The van der Waals surface area contributed by atoms with Crippen LogP contribution in [0.5, 0.6) is 23.0 Å². The van der Waals surface area contributed by atoms with Gasteiger partial charge in [0.1, 0.15) is 23.0 Å². The fourth-order valence-corrected chi connectivity index (χ4v) is 6.24. The van der Waals surface area contributed by atoms with Gasteiger partial charge in [-0.1, -0.05) is 120 Å². The quantitative estimate of drug-likeness (QED) is 0.102. The van der Waals surface area contributed by atoms with Crippen LogP contribution in [0.15, 0.2) is 109 Å². The molecule has 0 saturated heterocycles. The molecule has 0 bridgehead atoms. The van der Waals surface area contributed by atoms with E-state index in [2.05, 4.69) is 83.3 Å². The summed E-state index contributed by atoms with van der Waals surface area (Å²) in [4.78, 5) is 0. The van der Waals surface area contributed by atoms with Gasteiger partial charge in [0.15, 0.2) is 14.7 Å². The van der Waals surface area contributed by atoms with Crippen molar-refractivity contribution in [2.24, 2.45) is 0 Å². The molecule has 71 heavy (non-hydrogen) atoms. The van der Waals surface area contributed by atoms with E-state index in [0.717, 1.165) is 6.42 Å². The highest BCUT2D eigenvalue weighted by molar-refractivity contribution is 7.58. The molecule has 0 aliphatic rings. The minimum Gasteiger partial charge on any atom is -0.443 e. The Morgan fingerprint density at radius 1 is 0.296 bits per heavy atom. The van der Waals surface area contributed by atoms with Crippen molar-refractivity contribution < 1.29 is 72.7 Å². The molecule has 0 spiro atoms. The van der Waals surface area contributed by atoms with Gasteiger partial charge in [-0.3, -0.25) is 27.4 Å². The lowest BCUT2D eigenvalue weighted by atomic mass is 10.1. The molecular formula is C48H89O16P7. The van der Waals surface area contributed by atoms with Crippen molar-refractivity contribution in [1.29, 1.82) is 0 Å². The second-order valence-electron chi connectivity index (χ2n) is 15.2. The third-order valence-corrected chi connectivity index (χ3v) is 13.1. The molecule has 0 aromatic heterocycles. The molecule has 1 unspecified atom stereocenters. The Hall–Kier alpha value is -2.51. The number of hydrogen-bond donors (Lipinski definition) is 0. The molecule has 0 fully saturated rings. The maximum absolute atomic E-state index is 11.8. The molecule has 4 aromatic rings. The maximum atomic E-state index is 11.8. The molecule has 16 nitrogen and oxygen atoms in total. The predicted octanol–water partition coefficient (Wildman–Crippen LogP) is 16.8. The van der Waals surface area contributed by atoms with Gasteiger partial charge in [-0.15, -0.1) is 0 Å². The summed E-state index contributed by atoms with van der Waals surface area (Å²) >= 11 is 0. The van der Waals surface area contributed by atoms with Crippen LogP contribution in [-0.2, 0) is 61.0 Å². The van der Waals surface area contributed by atoms with Crippen LogP contribution < -0.4 is 18.1 Å². The van der Waals surface area contributed by atoms with Crippen LogP contribution in [0.25, 0.3) is 0 Å². The van der Waals surface area contributed by atoms with Crippen molar-refractivity contribution in [3.63, 3.8) is 0 Å². The van der Waals surface area contributed by atoms with Gasteiger partial charge in [-0.2, -0.15) is 0 Å². The zero-order chi connectivity index (χ0) is 56.8. The SMILES string of the molecule is CC.CC.CC.COP(C)(=O)OC.COP(C)(=O)Oc1ccccc1.COP(C)(C)=O.COP(C)(C)=O.CP(C)(=O)Oc1cc(OP(C)(C)=O)cc(OP(C)(C)=O)c1.c1ccc(Cc2ccccc2)cc1. The number of hydrogen-bond acceptors (Lipinski definition) is 16. The molecule has 4 aromatic carbocycles. The van der Waals surface area contributed by atoms with E-state index in [4.69, 9.17) is 18.1 Å². The second kappa shape index (κ2) is 40.8. The van der Waals surface area contributed by atoms with Gasteiger partial charge in [0.05, 0.1) is 0 Å². The molecule has 0 N–H and O–H groups in total. The van der Waals surface area contributed by atoms with E-state index in [1.165, 1.54) is 118 Å². The summed E-state index contributed by atoms with van der Waals surface area (Å²) < 4.78 is 121. The number of rotatable bonds is 15. The summed E-state index contributed by atoms with van der Waals surface area (Å²) in [6.45, 7) is 30.0. The van der Waals surface area contributed by atoms with Gasteiger partial charge in [0.2, 0.25) is 22.1 Å². The van der Waals surface area contributed by atoms with Crippen molar-refractivity contribution in [3.8, 4) is 23.0 Å². The zero-order valence-corrected chi connectivity index (χ0v) is 53.0. The summed E-state index contributed by atoms with van der Waals surface area (Å²) in [6, 6.07) is 34.4. The highest BCUT2D eigenvalue weighted by atomic mass is 31.2. The Bertz CT molecular complexity index is 2100. The highest BCUT2D eigenvalue weighted by Gasteiger charge is 2.18. The predicted molar refractivity (Wildman–Crippen MR) is 305 cm³/mol. The third-order valence-electron chi connectivity index (χ3n) is 6.81. The van der Waals surface area contributed by atoms with E-state index in [1.807, 2.05) is 59.7 Å². The Kier molecular flexibility index (Phi) is 44.5. The van der Waals surface area contributed by atoms with Gasteiger partial charge in [0.25, 0.3) is 0 Å². The standard InChI is InChI=1S/C13H12.C12H21O6P3.C8H11O3P.C3H9O3P.2C3H9O2P.3C2H6/c1-3-7-12(8-4-1)11-13-9-5-2-6-10-13;1-19(2,13)16-10-7-11(17-20(3,4)14)9-12(8-10)18-21(5,6)15;1-10-12(2,9)11-8-6-4-3-5-7-8;1-5-7(3,4)6-2;2*1-5-6(2,3)4;3*1-2/h1-10H,11H2;7-9H,1-6H3;3-7H,1-2H3;1-3H3;2*1-3H3;3*1-2H3. The zero-order valence-electron chi connectivity index (χ0n) is 46.8. The van der Waals surface area contributed by atoms with Crippen molar-refractivity contribution in [2.75, 3.05) is 116 Å². The fraction of sp³-hybridized carbons (Fsp3) is 0.500. The van der Waals surface area contributed by atoms with Crippen LogP contribution in [-0.4, -0.2) is 116 Å². The average Bonchev–Trinajstić information content (AvgIpc) is 3.28. The molecule has 0 aliphatic heterocycles. The molecule has 4 rings (SSSR count). The maximum Gasteiger partial charge on any atom is 0.375 e. The van der Waals surface area contributed by atoms with E-state index in [9.17, 15) is 32.0 Å². The van der Waals surface area contributed by atoms with Gasteiger partial charge < -0.3 is 40.7 Å². The monoisotopic (exact) mass is 1140 g/mol. The van der Waals surface area contributed by atoms with Crippen LogP contribution in [0, 0.1) is 0 Å². The van der Waals surface area contributed by atoms with Crippen LogP contribution in [0.2, 0.25) is 0 Å². The Morgan fingerprint density at radius 3 is 0.704 bits per heavy atom. The lowest BCUT2D eigenvalue weighted by Gasteiger charge is -2.17. The largest absolute Gasteiger partial charge is 0.443 e. The van der Waals surface area contributed by atoms with E-state index < -0.39 is 52.0 Å². The first-order chi connectivity index (χ1) is 32.6. The Balaban J connectivity index is -0.000000254. The van der Waals surface area contributed by atoms with E-state index >= 15 is 0 Å². The van der Waals surface area contributed by atoms with Crippen molar-refractivity contribution in [2.45, 2.75) is 48.0 Å². The van der Waals surface area contributed by atoms with Gasteiger partial charge >= 0.3 is 15.2 Å². The molecule has 1 atom stereocenters. The smallest absolute Gasteiger partial charge is 0.375 e. The summed E-state index contributed by atoms with van der Waals surface area (Å²) in [7, 11) is -11.2. The van der Waals surface area contributed by atoms with Crippen molar-refractivity contribution in [3.05, 3.63) is 120 Å². The third kappa shape index (κ3) is 55.1. The van der Waals surface area contributed by atoms with Gasteiger partial charge in [-0.25, -0.2) is 4.57 Å². The van der Waals surface area contributed by atoms with Crippen LogP contribution in [0.1, 0.15) is 52.7 Å². The summed E-state index contributed by atoms with van der Waals surface area (Å²) in [6.07, 6.45) is 1.03. The molecule has 0 amide bonds. The lowest BCUT2D eigenvalue weighted by Crippen LogP contribution is -1.95. The Labute approximate surface area is 429 Å². The molecule has 0 radical (unpaired) electrons. The van der Waals surface area contributed by atoms with Gasteiger partial charge in [-0.05, 0) is 29.7 Å². The first-order valence-electron chi connectivity index (χ1n) is 22.3. The first-order valence-corrected chi connectivity index (χ1v) is 38.9. The molecule has 23 heteroatoms. The average molecular weight is 1140 g/mol. The van der Waals surface area contributed by atoms with E-state index in [0.29, 0.717) is 5.75 Å². The lowest BCUT2D eigenvalue weighted by molar-refractivity contribution is 0.282. The number of para-hydroxylation sites is 1. The van der Waals surface area contributed by atoms with Crippen molar-refractivity contribution in [1.82, 2.24) is 0 Å². The molecule has 412 valence electrons. The molecule has 0 heterocycles. The van der Waals surface area contributed by atoms with E-state index in [1.54, 1.807) is 38.8 Å². The normalized spacial score (nSPS) is 11.6. The van der Waals surface area contributed by atoms with Crippen LogP contribution in [0.4, 0.5) is 0 Å². The van der Waals surface area contributed by atoms with Crippen molar-refractivity contribution >= 4 is 52.0 Å². The highest BCUT2D eigenvalue weighted by Crippen LogP contribution is 2.48. The fourth-order valence-electron chi connectivity index (χ4n) is 3.68. The van der Waals surface area contributed by atoms with Gasteiger partial charge in [0, 0.05) is 134 Å². The topological polar surface area (TPSA) is 203 Å². The number of benzene rings is 4. The van der Waals surface area contributed by atoms with Crippen LogP contribution >= 0.6 is 52.0 Å². The minimum absolute atomic E-state index is 0.248. The van der Waals surface area contributed by atoms with Crippen LogP contribution in [0.3, 0.4) is 0 Å². The summed E-state index contributed by atoms with van der Waals surface area (Å²) in [5, 5.41) is 0. The molecule has 0 saturated carbocycles. The molecule has 0 aliphatic carbocycles. The molecular weight excluding hydrogens is 1050 g/mol. The Morgan fingerprint density at radius 2 is 0.521 bits per heavy atom.